The number of carbonyl (C=O) groups excluding carboxylic acids is 1. The maximum Gasteiger partial charge on any atom is 0.220 e. The summed E-state index contributed by atoms with van der Waals surface area (Å²) < 4.78 is 6.33. The van der Waals surface area contributed by atoms with Crippen LogP contribution < -0.4 is 10.1 Å². The van der Waals surface area contributed by atoms with E-state index in [0.717, 1.165) is 43.6 Å². The molecule has 0 aliphatic rings. The minimum atomic E-state index is -0.0381. The second-order valence-electron chi connectivity index (χ2n) is 11.0. The fourth-order valence-electron chi connectivity index (χ4n) is 5.08. The summed E-state index contributed by atoms with van der Waals surface area (Å²) in [6, 6.07) is 23.2. The standard InChI is InChI=1S/C36H49NO2/c1-5-6-7-8-9-10-14-26-39-36-30(4)29(3)22-25-33(36)18-15-19-35(38)37-34(32-16-12-11-13-17-32)27-31-23-20-28(2)21-24-31/h11-13,16-17,20-25,34H,5-10,14-15,18-19,26-27H2,1-4H3,(H,37,38). The van der Waals surface area contributed by atoms with Crippen LogP contribution in [0.2, 0.25) is 0 Å². The molecule has 3 aromatic rings. The number of rotatable bonds is 17. The molecule has 0 bridgehead atoms. The Bertz CT molecular complexity index is 1120. The number of ether oxygens (including phenoxy) is 1. The summed E-state index contributed by atoms with van der Waals surface area (Å²) in [4.78, 5) is 13.1. The van der Waals surface area contributed by atoms with Crippen LogP contribution in [0.4, 0.5) is 0 Å². The molecule has 210 valence electrons. The third-order valence-electron chi connectivity index (χ3n) is 7.70. The van der Waals surface area contributed by atoms with Gasteiger partial charge in [-0.05, 0) is 74.3 Å². The van der Waals surface area contributed by atoms with E-state index in [4.69, 9.17) is 4.74 Å². The summed E-state index contributed by atoms with van der Waals surface area (Å²) in [6.45, 7) is 9.42. The number of nitrogens with one attached hydrogen (secondary N) is 1. The molecule has 1 atom stereocenters. The largest absolute Gasteiger partial charge is 0.493 e. The van der Waals surface area contributed by atoms with Gasteiger partial charge in [0, 0.05) is 6.42 Å². The van der Waals surface area contributed by atoms with Gasteiger partial charge in [-0.25, -0.2) is 0 Å². The maximum atomic E-state index is 13.1. The van der Waals surface area contributed by atoms with E-state index >= 15 is 0 Å². The second-order valence-corrected chi connectivity index (χ2v) is 11.0. The molecule has 0 aliphatic carbocycles. The monoisotopic (exact) mass is 527 g/mol. The van der Waals surface area contributed by atoms with Gasteiger partial charge in [0.1, 0.15) is 5.75 Å². The van der Waals surface area contributed by atoms with Gasteiger partial charge in [0.05, 0.1) is 12.6 Å². The summed E-state index contributed by atoms with van der Waals surface area (Å²) >= 11 is 0. The smallest absolute Gasteiger partial charge is 0.220 e. The molecule has 0 heterocycles. The summed E-state index contributed by atoms with van der Waals surface area (Å²) in [7, 11) is 0. The van der Waals surface area contributed by atoms with Gasteiger partial charge in [0.2, 0.25) is 5.91 Å². The van der Waals surface area contributed by atoms with Crippen molar-refractivity contribution in [3.05, 3.63) is 100 Å². The molecule has 3 aromatic carbocycles. The van der Waals surface area contributed by atoms with E-state index in [-0.39, 0.29) is 11.9 Å². The quantitative estimate of drug-likeness (QED) is 0.178. The van der Waals surface area contributed by atoms with Gasteiger partial charge in [-0.15, -0.1) is 0 Å². The molecule has 39 heavy (non-hydrogen) atoms. The average Bonchev–Trinajstić information content (AvgIpc) is 2.94. The lowest BCUT2D eigenvalue weighted by Gasteiger charge is -2.20. The van der Waals surface area contributed by atoms with Crippen molar-refractivity contribution < 1.29 is 9.53 Å². The molecule has 0 aliphatic heterocycles. The predicted octanol–water partition coefficient (Wildman–Crippen LogP) is 9.16. The number of benzene rings is 3. The van der Waals surface area contributed by atoms with Gasteiger partial charge in [0.25, 0.3) is 0 Å². The van der Waals surface area contributed by atoms with Crippen molar-refractivity contribution >= 4 is 5.91 Å². The van der Waals surface area contributed by atoms with Crippen molar-refractivity contribution in [2.75, 3.05) is 6.61 Å². The van der Waals surface area contributed by atoms with Gasteiger partial charge < -0.3 is 10.1 Å². The van der Waals surface area contributed by atoms with Crippen molar-refractivity contribution in [2.24, 2.45) is 0 Å². The van der Waals surface area contributed by atoms with Crippen molar-refractivity contribution in [1.82, 2.24) is 5.32 Å². The first-order valence-electron chi connectivity index (χ1n) is 15.1. The van der Waals surface area contributed by atoms with Crippen molar-refractivity contribution in [3.8, 4) is 5.75 Å². The third-order valence-corrected chi connectivity index (χ3v) is 7.70. The fourth-order valence-corrected chi connectivity index (χ4v) is 5.08. The van der Waals surface area contributed by atoms with Gasteiger partial charge in [-0.1, -0.05) is 118 Å². The van der Waals surface area contributed by atoms with Crippen LogP contribution in [-0.2, 0) is 17.6 Å². The van der Waals surface area contributed by atoms with Crippen LogP contribution in [0.25, 0.3) is 0 Å². The van der Waals surface area contributed by atoms with Gasteiger partial charge in [-0.3, -0.25) is 4.79 Å². The fraction of sp³-hybridized carbons (Fsp3) is 0.472. The lowest BCUT2D eigenvalue weighted by Crippen LogP contribution is -2.29. The van der Waals surface area contributed by atoms with E-state index in [2.05, 4.69) is 81.5 Å². The molecule has 3 heteroatoms. The van der Waals surface area contributed by atoms with Crippen LogP contribution in [0.3, 0.4) is 0 Å². The first-order chi connectivity index (χ1) is 19.0. The topological polar surface area (TPSA) is 38.3 Å². The Morgan fingerprint density at radius 2 is 1.49 bits per heavy atom. The third kappa shape index (κ3) is 10.5. The molecule has 0 radical (unpaired) electrons. The van der Waals surface area contributed by atoms with Crippen LogP contribution in [0.1, 0.15) is 104 Å². The van der Waals surface area contributed by atoms with Gasteiger partial charge >= 0.3 is 0 Å². The summed E-state index contributed by atoms with van der Waals surface area (Å²) in [5.74, 6) is 1.13. The van der Waals surface area contributed by atoms with E-state index in [0.29, 0.717) is 6.42 Å². The zero-order valence-corrected chi connectivity index (χ0v) is 24.7. The molecular weight excluding hydrogens is 478 g/mol. The lowest BCUT2D eigenvalue weighted by atomic mass is 9.97. The van der Waals surface area contributed by atoms with E-state index in [1.54, 1.807) is 0 Å². The number of hydrogen-bond donors (Lipinski definition) is 1. The molecule has 0 saturated heterocycles. The molecule has 0 fully saturated rings. The number of amides is 1. The molecular formula is C36H49NO2. The molecule has 0 spiro atoms. The molecule has 3 nitrogen and oxygen atoms in total. The number of unbranched alkanes of at least 4 members (excludes halogenated alkanes) is 6. The zero-order valence-electron chi connectivity index (χ0n) is 24.7. The number of hydrogen-bond acceptors (Lipinski definition) is 2. The summed E-state index contributed by atoms with van der Waals surface area (Å²) in [5, 5.41) is 3.31. The number of aryl methyl sites for hydroxylation is 3. The van der Waals surface area contributed by atoms with Crippen LogP contribution in [0.15, 0.2) is 66.7 Å². The highest BCUT2D eigenvalue weighted by molar-refractivity contribution is 5.76. The molecule has 3 rings (SSSR count). The molecule has 0 aromatic heterocycles. The Hall–Kier alpha value is -3.07. The summed E-state index contributed by atoms with van der Waals surface area (Å²) in [5.41, 5.74) is 7.31. The Kier molecular flexibility index (Phi) is 13.1. The SMILES string of the molecule is CCCCCCCCCOc1c(CCCC(=O)NC(Cc2ccc(C)cc2)c2ccccc2)ccc(C)c1C. The molecule has 1 amide bonds. The Labute approximate surface area is 237 Å². The minimum absolute atomic E-state index is 0.0381. The zero-order chi connectivity index (χ0) is 27.9. The predicted molar refractivity (Wildman–Crippen MR) is 165 cm³/mol. The highest BCUT2D eigenvalue weighted by Crippen LogP contribution is 2.28. The van der Waals surface area contributed by atoms with Crippen LogP contribution in [0.5, 0.6) is 5.75 Å². The average molecular weight is 528 g/mol. The van der Waals surface area contributed by atoms with E-state index in [1.165, 1.54) is 66.3 Å². The normalized spacial score (nSPS) is 11.8. The first-order valence-corrected chi connectivity index (χ1v) is 15.1. The molecule has 0 saturated carbocycles. The Morgan fingerprint density at radius 3 is 2.21 bits per heavy atom. The van der Waals surface area contributed by atoms with Crippen molar-refractivity contribution in [2.45, 2.75) is 104 Å². The minimum Gasteiger partial charge on any atom is -0.493 e. The van der Waals surface area contributed by atoms with E-state index in [9.17, 15) is 4.79 Å². The summed E-state index contributed by atoms with van der Waals surface area (Å²) in [6.07, 6.45) is 11.9. The Morgan fingerprint density at radius 1 is 0.795 bits per heavy atom. The van der Waals surface area contributed by atoms with Crippen LogP contribution in [0, 0.1) is 20.8 Å². The van der Waals surface area contributed by atoms with Crippen molar-refractivity contribution in [3.63, 3.8) is 0 Å². The van der Waals surface area contributed by atoms with Crippen LogP contribution >= 0.6 is 0 Å². The molecule has 1 unspecified atom stereocenters. The van der Waals surface area contributed by atoms with E-state index < -0.39 is 0 Å². The first kappa shape index (κ1) is 30.5. The van der Waals surface area contributed by atoms with Crippen molar-refractivity contribution in [1.29, 1.82) is 0 Å². The van der Waals surface area contributed by atoms with Gasteiger partial charge in [-0.2, -0.15) is 0 Å². The van der Waals surface area contributed by atoms with E-state index in [1.807, 2.05) is 18.2 Å². The molecule has 1 N–H and O–H groups in total. The number of carbonyl (C=O) groups is 1. The van der Waals surface area contributed by atoms with Crippen LogP contribution in [-0.4, -0.2) is 12.5 Å². The highest BCUT2D eigenvalue weighted by atomic mass is 16.5. The van der Waals surface area contributed by atoms with Gasteiger partial charge in [0.15, 0.2) is 0 Å². The Balaban J connectivity index is 1.52. The highest BCUT2D eigenvalue weighted by Gasteiger charge is 2.16. The second kappa shape index (κ2) is 16.8. The lowest BCUT2D eigenvalue weighted by molar-refractivity contribution is -0.121. The maximum absolute atomic E-state index is 13.1.